The Morgan fingerprint density at radius 3 is 2.58 bits per heavy atom. The van der Waals surface area contributed by atoms with Crippen LogP contribution in [0.3, 0.4) is 0 Å². The molecule has 0 radical (unpaired) electrons. The summed E-state index contributed by atoms with van der Waals surface area (Å²) in [7, 11) is 1.75. The zero-order valence-electron chi connectivity index (χ0n) is 11.0. The van der Waals surface area contributed by atoms with E-state index in [1.54, 1.807) is 17.8 Å². The van der Waals surface area contributed by atoms with Crippen LogP contribution < -0.4 is 0 Å². The van der Waals surface area contributed by atoms with Crippen molar-refractivity contribution in [3.8, 4) is 0 Å². The molecule has 0 saturated carbocycles. The average Bonchev–Trinajstić information content (AvgIpc) is 2.59. The Balaban J connectivity index is 2.34. The number of carbonyl (C=O) groups excluding carboxylic acids is 1. The van der Waals surface area contributed by atoms with Gasteiger partial charge in [0.15, 0.2) is 5.78 Å². The Labute approximate surface area is 122 Å². The van der Waals surface area contributed by atoms with Gasteiger partial charge in [-0.05, 0) is 25.5 Å². The van der Waals surface area contributed by atoms with E-state index in [1.807, 2.05) is 26.0 Å². The molecule has 5 heteroatoms. The van der Waals surface area contributed by atoms with Crippen LogP contribution in [0.4, 0.5) is 0 Å². The van der Waals surface area contributed by atoms with Gasteiger partial charge in [0.25, 0.3) is 0 Å². The van der Waals surface area contributed by atoms with Gasteiger partial charge in [-0.25, -0.2) is 0 Å². The van der Waals surface area contributed by atoms with E-state index in [9.17, 15) is 4.79 Å². The Morgan fingerprint density at radius 2 is 2.00 bits per heavy atom. The molecule has 0 aliphatic heterocycles. The first-order valence-electron chi connectivity index (χ1n) is 5.88. The molecule has 0 bridgehead atoms. The maximum atomic E-state index is 12.3. The lowest BCUT2D eigenvalue weighted by atomic mass is 10.0. The van der Waals surface area contributed by atoms with Gasteiger partial charge < -0.3 is 0 Å². The Hall–Kier alpha value is -1.32. The first-order valence-corrected chi connectivity index (χ1v) is 6.63. The van der Waals surface area contributed by atoms with Crippen LogP contribution in [0.2, 0.25) is 10.2 Å². The fourth-order valence-corrected chi connectivity index (χ4v) is 2.47. The van der Waals surface area contributed by atoms with Gasteiger partial charge in [0.05, 0.1) is 10.7 Å². The number of ketones is 1. The zero-order valence-corrected chi connectivity index (χ0v) is 12.5. The molecule has 1 aromatic heterocycles. The number of carbonyl (C=O) groups is 1. The van der Waals surface area contributed by atoms with E-state index in [0.717, 1.165) is 16.8 Å². The maximum Gasteiger partial charge on any atom is 0.168 e. The van der Waals surface area contributed by atoms with Gasteiger partial charge in [-0.1, -0.05) is 35.3 Å². The number of benzene rings is 1. The molecule has 0 fully saturated rings. The van der Waals surface area contributed by atoms with Gasteiger partial charge in [0.2, 0.25) is 0 Å². The van der Waals surface area contributed by atoms with Crippen LogP contribution in [0.1, 0.15) is 27.2 Å². The molecule has 2 rings (SSSR count). The lowest BCUT2D eigenvalue weighted by molar-refractivity contribution is 0.0993. The summed E-state index contributed by atoms with van der Waals surface area (Å²) in [4.78, 5) is 12.3. The average molecular weight is 297 g/mol. The van der Waals surface area contributed by atoms with Crippen LogP contribution >= 0.6 is 23.2 Å². The first-order chi connectivity index (χ1) is 8.91. The number of aryl methyl sites for hydroxylation is 3. The molecule has 19 heavy (non-hydrogen) atoms. The van der Waals surface area contributed by atoms with E-state index in [2.05, 4.69) is 5.10 Å². The molecular formula is C14H14Cl2N2O. The highest BCUT2D eigenvalue weighted by Crippen LogP contribution is 2.25. The number of halogens is 2. The standard InChI is InChI=1S/C14H14Cl2N2O/c1-8-5-4-6-10(13(8)15)12(19)7-11-9(2)17-18(3)14(11)16/h4-6H,7H2,1-3H3. The summed E-state index contributed by atoms with van der Waals surface area (Å²) in [6.07, 6.45) is 0.210. The van der Waals surface area contributed by atoms with E-state index in [-0.39, 0.29) is 12.2 Å². The largest absolute Gasteiger partial charge is 0.294 e. The van der Waals surface area contributed by atoms with Gasteiger partial charge in [-0.3, -0.25) is 9.48 Å². The van der Waals surface area contributed by atoms with E-state index < -0.39 is 0 Å². The van der Waals surface area contributed by atoms with Gasteiger partial charge in [-0.15, -0.1) is 0 Å². The number of aromatic nitrogens is 2. The van der Waals surface area contributed by atoms with Crippen molar-refractivity contribution >= 4 is 29.0 Å². The van der Waals surface area contributed by atoms with E-state index in [4.69, 9.17) is 23.2 Å². The van der Waals surface area contributed by atoms with Crippen LogP contribution in [-0.2, 0) is 13.5 Å². The minimum Gasteiger partial charge on any atom is -0.294 e. The third-order valence-corrected chi connectivity index (χ3v) is 4.07. The van der Waals surface area contributed by atoms with Crippen molar-refractivity contribution in [2.45, 2.75) is 20.3 Å². The number of hydrogen-bond donors (Lipinski definition) is 0. The number of Topliss-reactive ketones (excluding diaryl/α,β-unsaturated/α-hetero) is 1. The highest BCUT2D eigenvalue weighted by Gasteiger charge is 2.18. The molecule has 100 valence electrons. The van der Waals surface area contributed by atoms with Gasteiger partial charge in [0, 0.05) is 24.6 Å². The third-order valence-electron chi connectivity index (χ3n) is 3.10. The van der Waals surface area contributed by atoms with E-state index in [0.29, 0.717) is 15.7 Å². The van der Waals surface area contributed by atoms with Gasteiger partial charge in [0.1, 0.15) is 5.15 Å². The molecule has 1 heterocycles. The Morgan fingerprint density at radius 1 is 1.32 bits per heavy atom. The van der Waals surface area contributed by atoms with Crippen molar-refractivity contribution in [3.05, 3.63) is 50.8 Å². The molecule has 0 amide bonds. The third kappa shape index (κ3) is 2.67. The smallest absolute Gasteiger partial charge is 0.168 e. The number of nitrogens with zero attached hydrogens (tertiary/aromatic N) is 2. The SMILES string of the molecule is Cc1cccc(C(=O)Cc2c(C)nn(C)c2Cl)c1Cl. The lowest BCUT2D eigenvalue weighted by Crippen LogP contribution is -2.06. The van der Waals surface area contributed by atoms with Gasteiger partial charge >= 0.3 is 0 Å². The molecule has 0 aliphatic rings. The second-order valence-electron chi connectivity index (χ2n) is 4.51. The summed E-state index contributed by atoms with van der Waals surface area (Å²) >= 11 is 12.3. The molecule has 0 atom stereocenters. The maximum absolute atomic E-state index is 12.3. The summed E-state index contributed by atoms with van der Waals surface area (Å²) in [5.74, 6) is -0.0494. The summed E-state index contributed by atoms with van der Waals surface area (Å²) in [6.45, 7) is 3.72. The van der Waals surface area contributed by atoms with E-state index in [1.165, 1.54) is 0 Å². The van der Waals surface area contributed by atoms with Crippen LogP contribution in [-0.4, -0.2) is 15.6 Å². The molecule has 0 unspecified atom stereocenters. The van der Waals surface area contributed by atoms with Crippen molar-refractivity contribution in [1.29, 1.82) is 0 Å². The van der Waals surface area contributed by atoms with Crippen LogP contribution in [0.15, 0.2) is 18.2 Å². The van der Waals surface area contributed by atoms with Crippen LogP contribution in [0.25, 0.3) is 0 Å². The van der Waals surface area contributed by atoms with Crippen LogP contribution in [0.5, 0.6) is 0 Å². The molecule has 0 spiro atoms. The van der Waals surface area contributed by atoms with Crippen molar-refractivity contribution in [1.82, 2.24) is 9.78 Å². The molecular weight excluding hydrogens is 283 g/mol. The fourth-order valence-electron chi connectivity index (χ4n) is 1.99. The molecule has 3 nitrogen and oxygen atoms in total. The van der Waals surface area contributed by atoms with Crippen molar-refractivity contribution in [2.75, 3.05) is 0 Å². The highest BCUT2D eigenvalue weighted by molar-refractivity contribution is 6.35. The number of hydrogen-bond acceptors (Lipinski definition) is 2. The summed E-state index contributed by atoms with van der Waals surface area (Å²) in [6, 6.07) is 5.44. The molecule has 1 aromatic carbocycles. The quantitative estimate of drug-likeness (QED) is 0.808. The normalized spacial score (nSPS) is 10.8. The molecule has 0 aliphatic carbocycles. The van der Waals surface area contributed by atoms with Crippen molar-refractivity contribution < 1.29 is 4.79 Å². The summed E-state index contributed by atoms with van der Waals surface area (Å²) in [5.41, 5.74) is 2.94. The van der Waals surface area contributed by atoms with E-state index >= 15 is 0 Å². The fraction of sp³-hybridized carbons (Fsp3) is 0.286. The minimum absolute atomic E-state index is 0.0494. The minimum atomic E-state index is -0.0494. The number of rotatable bonds is 3. The lowest BCUT2D eigenvalue weighted by Gasteiger charge is -2.06. The summed E-state index contributed by atoms with van der Waals surface area (Å²) < 4.78 is 1.57. The van der Waals surface area contributed by atoms with Crippen molar-refractivity contribution in [3.63, 3.8) is 0 Å². The second-order valence-corrected chi connectivity index (χ2v) is 5.25. The zero-order chi connectivity index (χ0) is 14.2. The first kappa shape index (κ1) is 14.1. The Bertz CT molecular complexity index is 647. The summed E-state index contributed by atoms with van der Waals surface area (Å²) in [5, 5.41) is 5.20. The predicted octanol–water partition coefficient (Wildman–Crippen LogP) is 3.77. The second kappa shape index (κ2) is 5.35. The molecule has 0 N–H and O–H groups in total. The topological polar surface area (TPSA) is 34.9 Å². The highest BCUT2D eigenvalue weighted by atomic mass is 35.5. The molecule has 2 aromatic rings. The monoisotopic (exact) mass is 296 g/mol. The van der Waals surface area contributed by atoms with Crippen LogP contribution in [0, 0.1) is 13.8 Å². The van der Waals surface area contributed by atoms with Crippen molar-refractivity contribution in [2.24, 2.45) is 7.05 Å². The molecule has 0 saturated heterocycles. The predicted molar refractivity (Wildman–Crippen MR) is 77.2 cm³/mol. The van der Waals surface area contributed by atoms with Gasteiger partial charge in [-0.2, -0.15) is 5.10 Å². The Kier molecular flexibility index (Phi) is 3.97.